The number of hydrogen-bond acceptors (Lipinski definition) is 4. The lowest BCUT2D eigenvalue weighted by Gasteiger charge is -2.31. The molecule has 0 bridgehead atoms. The van der Waals surface area contributed by atoms with Crippen molar-refractivity contribution >= 4 is 11.8 Å². The number of nitrogens with zero attached hydrogens (tertiary/aromatic N) is 1. The molecule has 1 heterocycles. The zero-order valence-corrected chi connectivity index (χ0v) is 17.5. The number of hydrogen-bond donors (Lipinski definition) is 0. The Morgan fingerprint density at radius 3 is 2.56 bits per heavy atom. The van der Waals surface area contributed by atoms with Gasteiger partial charge >= 0.3 is 0 Å². The van der Waals surface area contributed by atoms with E-state index in [9.17, 15) is 0 Å². The third-order valence-corrected chi connectivity index (χ3v) is 6.43. The highest BCUT2D eigenvalue weighted by molar-refractivity contribution is 7.99. The van der Waals surface area contributed by atoms with Crippen LogP contribution in [0.1, 0.15) is 44.4 Å². The SMILES string of the molecule is CCCN(CC)CCCOc1ccc([C@@H]2Sc3ccccc3O[C@@H]2C)cc1. The first-order chi connectivity index (χ1) is 13.2. The molecule has 0 saturated heterocycles. The summed E-state index contributed by atoms with van der Waals surface area (Å²) in [5, 5.41) is 0.307. The van der Waals surface area contributed by atoms with Crippen LogP contribution < -0.4 is 9.47 Å². The highest BCUT2D eigenvalue weighted by Crippen LogP contribution is 2.47. The smallest absolute Gasteiger partial charge is 0.133 e. The first-order valence-electron chi connectivity index (χ1n) is 10.1. The van der Waals surface area contributed by atoms with E-state index in [1.165, 1.54) is 23.4 Å². The standard InChI is InChI=1S/C23H31NO2S/c1-4-15-24(5-2)16-8-17-25-20-13-11-19(12-14-20)23-18(3)26-21-9-6-7-10-22(21)27-23/h6-7,9-14,18,23H,4-5,8,15-17H2,1-3H3/t18-,23-/m1/s1. The summed E-state index contributed by atoms with van der Waals surface area (Å²) in [5.41, 5.74) is 1.29. The van der Waals surface area contributed by atoms with E-state index < -0.39 is 0 Å². The summed E-state index contributed by atoms with van der Waals surface area (Å²) in [4.78, 5) is 3.69. The van der Waals surface area contributed by atoms with Gasteiger partial charge in [0.05, 0.1) is 16.8 Å². The van der Waals surface area contributed by atoms with Crippen molar-refractivity contribution in [2.24, 2.45) is 0 Å². The molecule has 0 fully saturated rings. The van der Waals surface area contributed by atoms with Gasteiger partial charge in [0.1, 0.15) is 17.6 Å². The largest absolute Gasteiger partial charge is 0.494 e. The minimum absolute atomic E-state index is 0.148. The van der Waals surface area contributed by atoms with Gasteiger partial charge in [0.25, 0.3) is 0 Å². The van der Waals surface area contributed by atoms with Crippen LogP contribution in [0.3, 0.4) is 0 Å². The third kappa shape index (κ3) is 5.43. The van der Waals surface area contributed by atoms with E-state index in [4.69, 9.17) is 9.47 Å². The Balaban J connectivity index is 1.52. The summed E-state index contributed by atoms with van der Waals surface area (Å²) in [6.45, 7) is 10.8. The van der Waals surface area contributed by atoms with Crippen LogP contribution in [0.2, 0.25) is 0 Å². The van der Waals surface area contributed by atoms with E-state index in [1.54, 1.807) is 0 Å². The molecule has 0 amide bonds. The molecule has 1 aliphatic heterocycles. The van der Waals surface area contributed by atoms with Crippen LogP contribution in [0.4, 0.5) is 0 Å². The lowest BCUT2D eigenvalue weighted by atomic mass is 10.1. The second-order valence-corrected chi connectivity index (χ2v) is 8.20. The van der Waals surface area contributed by atoms with Gasteiger partial charge in [0.2, 0.25) is 0 Å². The van der Waals surface area contributed by atoms with Gasteiger partial charge in [-0.25, -0.2) is 0 Å². The predicted octanol–water partition coefficient (Wildman–Crippen LogP) is 5.80. The summed E-state index contributed by atoms with van der Waals surface area (Å²) in [5.74, 6) is 1.95. The average Bonchev–Trinajstić information content (AvgIpc) is 2.70. The van der Waals surface area contributed by atoms with Gasteiger partial charge in [-0.15, -0.1) is 11.8 Å². The quantitative estimate of drug-likeness (QED) is 0.508. The maximum absolute atomic E-state index is 6.10. The molecule has 0 N–H and O–H groups in total. The second-order valence-electron chi connectivity index (χ2n) is 7.01. The van der Waals surface area contributed by atoms with Crippen molar-refractivity contribution in [2.45, 2.75) is 49.9 Å². The minimum atomic E-state index is 0.148. The number of rotatable bonds is 9. The van der Waals surface area contributed by atoms with Crippen molar-refractivity contribution in [2.75, 3.05) is 26.2 Å². The van der Waals surface area contributed by atoms with Crippen LogP contribution in [0.5, 0.6) is 11.5 Å². The molecule has 0 aliphatic carbocycles. The zero-order valence-electron chi connectivity index (χ0n) is 16.7. The Kier molecular flexibility index (Phi) is 7.48. The first kappa shape index (κ1) is 20.1. The molecular formula is C23H31NO2S. The molecule has 2 aromatic carbocycles. The van der Waals surface area contributed by atoms with E-state index >= 15 is 0 Å². The van der Waals surface area contributed by atoms with Gasteiger partial charge in [-0.2, -0.15) is 0 Å². The Bertz CT molecular complexity index is 704. The Hall–Kier alpha value is -1.65. The molecular weight excluding hydrogens is 354 g/mol. The number of para-hydroxylation sites is 1. The van der Waals surface area contributed by atoms with Crippen molar-refractivity contribution in [3.8, 4) is 11.5 Å². The molecule has 0 aromatic heterocycles. The van der Waals surface area contributed by atoms with Crippen LogP contribution in [0.15, 0.2) is 53.4 Å². The lowest BCUT2D eigenvalue weighted by Crippen LogP contribution is -2.26. The van der Waals surface area contributed by atoms with Crippen molar-refractivity contribution in [1.29, 1.82) is 0 Å². The topological polar surface area (TPSA) is 21.7 Å². The monoisotopic (exact) mass is 385 g/mol. The first-order valence-corrected chi connectivity index (χ1v) is 11.0. The van der Waals surface area contributed by atoms with Crippen LogP contribution in [0, 0.1) is 0 Å². The van der Waals surface area contributed by atoms with Gasteiger partial charge in [-0.05, 0) is 62.7 Å². The molecule has 146 valence electrons. The van der Waals surface area contributed by atoms with Crippen molar-refractivity contribution < 1.29 is 9.47 Å². The normalized spacial score (nSPS) is 18.8. The van der Waals surface area contributed by atoms with Gasteiger partial charge in [0, 0.05) is 6.54 Å². The third-order valence-electron chi connectivity index (χ3n) is 4.93. The van der Waals surface area contributed by atoms with E-state index in [2.05, 4.69) is 62.1 Å². The van der Waals surface area contributed by atoms with E-state index in [1.807, 2.05) is 23.9 Å². The zero-order chi connectivity index (χ0) is 19.1. The number of thioether (sulfide) groups is 1. The fourth-order valence-corrected chi connectivity index (χ4v) is 4.66. The van der Waals surface area contributed by atoms with E-state index in [0.717, 1.165) is 37.6 Å². The molecule has 1 aliphatic rings. The Morgan fingerprint density at radius 1 is 1.04 bits per heavy atom. The van der Waals surface area contributed by atoms with Gasteiger partial charge in [0.15, 0.2) is 0 Å². The Labute approximate surface area is 168 Å². The summed E-state index contributed by atoms with van der Waals surface area (Å²) >= 11 is 1.88. The molecule has 2 atom stereocenters. The number of ether oxygens (including phenoxy) is 2. The van der Waals surface area contributed by atoms with Gasteiger partial charge < -0.3 is 14.4 Å². The van der Waals surface area contributed by atoms with Crippen molar-refractivity contribution in [3.05, 3.63) is 54.1 Å². The molecule has 0 saturated carbocycles. The van der Waals surface area contributed by atoms with E-state index in [-0.39, 0.29) is 6.10 Å². The molecule has 0 radical (unpaired) electrons. The van der Waals surface area contributed by atoms with Crippen molar-refractivity contribution in [1.82, 2.24) is 4.90 Å². The summed E-state index contributed by atoms with van der Waals surface area (Å²) < 4.78 is 12.0. The molecule has 27 heavy (non-hydrogen) atoms. The second kappa shape index (κ2) is 10.0. The van der Waals surface area contributed by atoms with E-state index in [0.29, 0.717) is 5.25 Å². The summed E-state index contributed by atoms with van der Waals surface area (Å²) in [7, 11) is 0. The highest BCUT2D eigenvalue weighted by Gasteiger charge is 2.28. The summed E-state index contributed by atoms with van der Waals surface area (Å²) in [6.07, 6.45) is 2.42. The fraction of sp³-hybridized carbons (Fsp3) is 0.478. The minimum Gasteiger partial charge on any atom is -0.494 e. The molecule has 4 heteroatoms. The van der Waals surface area contributed by atoms with Gasteiger partial charge in [-0.1, -0.05) is 38.1 Å². The van der Waals surface area contributed by atoms with Crippen LogP contribution in [-0.4, -0.2) is 37.2 Å². The van der Waals surface area contributed by atoms with Crippen LogP contribution in [0.25, 0.3) is 0 Å². The average molecular weight is 386 g/mol. The predicted molar refractivity (Wildman–Crippen MR) is 114 cm³/mol. The lowest BCUT2D eigenvalue weighted by molar-refractivity contribution is 0.206. The van der Waals surface area contributed by atoms with Gasteiger partial charge in [-0.3, -0.25) is 0 Å². The van der Waals surface area contributed by atoms with Crippen LogP contribution >= 0.6 is 11.8 Å². The molecule has 3 nitrogen and oxygen atoms in total. The van der Waals surface area contributed by atoms with Crippen molar-refractivity contribution in [3.63, 3.8) is 0 Å². The maximum Gasteiger partial charge on any atom is 0.133 e. The maximum atomic E-state index is 6.10. The molecule has 0 unspecified atom stereocenters. The molecule has 2 aromatic rings. The molecule has 3 rings (SSSR count). The summed E-state index contributed by atoms with van der Waals surface area (Å²) in [6, 6.07) is 16.8. The molecule has 0 spiro atoms. The highest BCUT2D eigenvalue weighted by atomic mass is 32.2. The number of benzene rings is 2. The number of fused-ring (bicyclic) bond motifs is 1. The Morgan fingerprint density at radius 2 is 1.81 bits per heavy atom. The van der Waals surface area contributed by atoms with Crippen LogP contribution in [-0.2, 0) is 0 Å². The fourth-order valence-electron chi connectivity index (χ4n) is 3.45.